The van der Waals surface area contributed by atoms with Crippen molar-refractivity contribution in [1.82, 2.24) is 0 Å². The number of para-hydroxylation sites is 1. The molecule has 2 aliphatic carbocycles. The van der Waals surface area contributed by atoms with Gasteiger partial charge in [-0.15, -0.1) is 0 Å². The molecule has 8 aromatic rings. The molecule has 0 spiro atoms. The third kappa shape index (κ3) is 3.82. The summed E-state index contributed by atoms with van der Waals surface area (Å²) < 4.78 is 0. The molecule has 0 N–H and O–H groups in total. The second kappa shape index (κ2) is 11.0. The van der Waals surface area contributed by atoms with E-state index in [0.29, 0.717) is 0 Å². The molecule has 13 rings (SSSR count). The molecule has 5 aliphatic rings. The Hall–Kier alpha value is -5.68. The topological polar surface area (TPSA) is 3.24 Å². The van der Waals surface area contributed by atoms with Crippen LogP contribution in [0.1, 0.15) is 47.2 Å². The highest BCUT2D eigenvalue weighted by Crippen LogP contribution is 2.57. The second-order valence-corrected chi connectivity index (χ2v) is 18.4. The fourth-order valence-electron chi connectivity index (χ4n) is 11.1. The van der Waals surface area contributed by atoms with E-state index in [2.05, 4.69) is 189 Å². The summed E-state index contributed by atoms with van der Waals surface area (Å²) in [5.74, 6) is 0. The van der Waals surface area contributed by atoms with Gasteiger partial charge in [-0.25, -0.2) is 0 Å². The molecule has 0 aromatic heterocycles. The number of fused-ring (bicyclic) bond motifs is 6. The lowest BCUT2D eigenvalue weighted by atomic mass is 9.34. The molecule has 0 saturated carbocycles. The van der Waals surface area contributed by atoms with Crippen LogP contribution in [0, 0.1) is 0 Å². The lowest BCUT2D eigenvalue weighted by Crippen LogP contribution is -2.62. The molecule has 1 nitrogen and oxygen atoms in total. The van der Waals surface area contributed by atoms with E-state index in [1.807, 2.05) is 23.5 Å². The molecule has 0 atom stereocenters. The summed E-state index contributed by atoms with van der Waals surface area (Å²) in [5.41, 5.74) is 21.1. The van der Waals surface area contributed by atoms with Crippen molar-refractivity contribution < 1.29 is 0 Å². The Labute approximate surface area is 336 Å². The largest absolute Gasteiger partial charge is 0.311 e. The van der Waals surface area contributed by atoms with Crippen molar-refractivity contribution in [3.63, 3.8) is 0 Å². The molecule has 0 amide bonds. The number of rotatable bonds is 3. The molecule has 0 radical (unpaired) electrons. The van der Waals surface area contributed by atoms with E-state index >= 15 is 0 Å². The molecule has 0 saturated heterocycles. The molecule has 0 fully saturated rings. The predicted molar refractivity (Wildman–Crippen MR) is 235 cm³/mol. The molecule has 3 aliphatic heterocycles. The highest BCUT2D eigenvalue weighted by Gasteiger charge is 2.50. The van der Waals surface area contributed by atoms with Crippen LogP contribution in [-0.2, 0) is 10.8 Å². The van der Waals surface area contributed by atoms with Crippen LogP contribution in [0.5, 0.6) is 0 Å². The standard InChI is InChI=1S/C52H34BNS2/c1-51(38-21-10-6-17-34(38)35-18-7-11-22-39(35)51)31-27-42-48-46(29-31)55-44-25-14-26-45-50(44)53(48)49-43(54(42)33-15-4-3-5-16-33)28-32(30-47(49)56-45)52(2)40-23-12-8-19-36(40)37-20-9-13-24-41(37)52/h3-30H,1-2H3. The first-order valence-corrected chi connectivity index (χ1v) is 21.3. The Kier molecular flexibility index (Phi) is 6.19. The minimum atomic E-state index is -0.315. The lowest BCUT2D eigenvalue weighted by Gasteiger charge is -2.45. The number of anilines is 3. The number of nitrogens with zero attached hydrogens (tertiary/aromatic N) is 1. The van der Waals surface area contributed by atoms with E-state index in [1.54, 1.807) is 0 Å². The van der Waals surface area contributed by atoms with Crippen LogP contribution >= 0.6 is 23.5 Å². The Bertz CT molecular complexity index is 2770. The first-order chi connectivity index (χ1) is 27.5. The molecule has 4 heteroatoms. The molecule has 0 bridgehead atoms. The van der Waals surface area contributed by atoms with Crippen molar-refractivity contribution in [2.75, 3.05) is 4.90 Å². The lowest BCUT2D eigenvalue weighted by molar-refractivity contribution is 0.710. The van der Waals surface area contributed by atoms with E-state index < -0.39 is 0 Å². The number of benzene rings is 8. The Morgan fingerprint density at radius 3 is 1.21 bits per heavy atom. The monoisotopic (exact) mass is 747 g/mol. The zero-order chi connectivity index (χ0) is 36.9. The SMILES string of the molecule is CC1(c2cc3c4c(c2)N(c2ccccc2)c2cc(C5(C)c6ccccc6-c6ccccc65)cc5c2B4c2c(cccc2S5)S3)c2ccccc2-c2ccccc21. The normalized spacial score (nSPS) is 16.1. The summed E-state index contributed by atoms with van der Waals surface area (Å²) in [6.45, 7) is 5.07. The van der Waals surface area contributed by atoms with E-state index in [9.17, 15) is 0 Å². The third-order valence-electron chi connectivity index (χ3n) is 13.7. The van der Waals surface area contributed by atoms with Gasteiger partial charge in [-0.1, -0.05) is 145 Å². The second-order valence-electron chi connectivity index (χ2n) is 16.2. The highest BCUT2D eigenvalue weighted by molar-refractivity contribution is 8.01. The van der Waals surface area contributed by atoms with Crippen LogP contribution in [0.2, 0.25) is 0 Å². The van der Waals surface area contributed by atoms with Gasteiger partial charge in [0.1, 0.15) is 0 Å². The first kappa shape index (κ1) is 31.5. The highest BCUT2D eigenvalue weighted by atomic mass is 32.2. The summed E-state index contributed by atoms with van der Waals surface area (Å²) in [4.78, 5) is 8.12. The molecule has 262 valence electrons. The molecule has 8 aromatic carbocycles. The maximum atomic E-state index is 2.62. The summed E-state index contributed by atoms with van der Waals surface area (Å²) in [6.07, 6.45) is 0. The maximum Gasteiger partial charge on any atom is 0.252 e. The van der Waals surface area contributed by atoms with Crippen LogP contribution in [0.4, 0.5) is 17.1 Å². The summed E-state index contributed by atoms with van der Waals surface area (Å²) >= 11 is 3.93. The fraction of sp³-hybridized carbons (Fsp3) is 0.0769. The maximum absolute atomic E-state index is 2.62. The number of hydrogen-bond donors (Lipinski definition) is 0. The Morgan fingerprint density at radius 2 is 0.786 bits per heavy atom. The van der Waals surface area contributed by atoms with Gasteiger partial charge in [-0.3, -0.25) is 0 Å². The Morgan fingerprint density at radius 1 is 0.393 bits per heavy atom. The van der Waals surface area contributed by atoms with Gasteiger partial charge in [0.05, 0.1) is 0 Å². The molecule has 56 heavy (non-hydrogen) atoms. The average Bonchev–Trinajstić information content (AvgIpc) is 3.67. The van der Waals surface area contributed by atoms with E-state index in [-0.39, 0.29) is 17.5 Å². The van der Waals surface area contributed by atoms with Gasteiger partial charge >= 0.3 is 0 Å². The van der Waals surface area contributed by atoms with Gasteiger partial charge < -0.3 is 4.90 Å². The van der Waals surface area contributed by atoms with E-state index in [4.69, 9.17) is 0 Å². The van der Waals surface area contributed by atoms with Crippen molar-refractivity contribution in [2.45, 2.75) is 44.3 Å². The van der Waals surface area contributed by atoms with Gasteiger partial charge in [0.15, 0.2) is 0 Å². The van der Waals surface area contributed by atoms with Crippen molar-refractivity contribution in [3.8, 4) is 22.3 Å². The van der Waals surface area contributed by atoms with Gasteiger partial charge in [-0.2, -0.15) is 0 Å². The van der Waals surface area contributed by atoms with Gasteiger partial charge in [0, 0.05) is 47.5 Å². The van der Waals surface area contributed by atoms with Crippen molar-refractivity contribution in [2.24, 2.45) is 0 Å². The van der Waals surface area contributed by atoms with Crippen LogP contribution in [0.15, 0.2) is 189 Å². The predicted octanol–water partition coefficient (Wildman–Crippen LogP) is 11.6. The van der Waals surface area contributed by atoms with Crippen LogP contribution in [0.25, 0.3) is 22.3 Å². The Balaban J connectivity index is 1.13. The van der Waals surface area contributed by atoms with Crippen molar-refractivity contribution >= 4 is 63.7 Å². The van der Waals surface area contributed by atoms with Crippen molar-refractivity contribution in [3.05, 3.63) is 203 Å². The fourth-order valence-corrected chi connectivity index (χ4v) is 13.6. The minimum absolute atomic E-state index is 0.161. The summed E-state index contributed by atoms with van der Waals surface area (Å²) in [7, 11) is 0. The quantitative estimate of drug-likeness (QED) is 0.166. The molecular weight excluding hydrogens is 714 g/mol. The van der Waals surface area contributed by atoms with Gasteiger partial charge in [-0.05, 0) is 134 Å². The number of hydrogen-bond acceptors (Lipinski definition) is 3. The van der Waals surface area contributed by atoms with Crippen LogP contribution < -0.4 is 21.3 Å². The van der Waals surface area contributed by atoms with E-state index in [1.165, 1.54) is 109 Å². The van der Waals surface area contributed by atoms with Crippen molar-refractivity contribution in [1.29, 1.82) is 0 Å². The van der Waals surface area contributed by atoms with Crippen LogP contribution in [-0.4, -0.2) is 6.71 Å². The molecular formula is C52H34BNS2. The van der Waals surface area contributed by atoms with E-state index in [0.717, 1.165) is 0 Å². The summed E-state index contributed by atoms with van der Waals surface area (Å²) in [5, 5.41) is 0. The van der Waals surface area contributed by atoms with Crippen LogP contribution in [0.3, 0.4) is 0 Å². The molecule has 3 heterocycles. The zero-order valence-corrected chi connectivity index (χ0v) is 32.6. The minimum Gasteiger partial charge on any atom is -0.311 e. The smallest absolute Gasteiger partial charge is 0.252 e. The van der Waals surface area contributed by atoms with Gasteiger partial charge in [0.25, 0.3) is 6.71 Å². The third-order valence-corrected chi connectivity index (χ3v) is 15.9. The molecule has 0 unspecified atom stereocenters. The summed E-state index contributed by atoms with van der Waals surface area (Å²) in [6, 6.07) is 64.6. The average molecular weight is 748 g/mol. The van der Waals surface area contributed by atoms with Gasteiger partial charge in [0.2, 0.25) is 0 Å². The zero-order valence-electron chi connectivity index (χ0n) is 31.0. The first-order valence-electron chi connectivity index (χ1n) is 19.6.